The van der Waals surface area contributed by atoms with Crippen LogP contribution in [0.1, 0.15) is 24.6 Å². The van der Waals surface area contributed by atoms with Crippen molar-refractivity contribution in [3.05, 3.63) is 36.2 Å². The molecule has 0 saturated heterocycles. The molecule has 0 bridgehead atoms. The van der Waals surface area contributed by atoms with Gasteiger partial charge in [-0.15, -0.1) is 0 Å². The van der Waals surface area contributed by atoms with Crippen LogP contribution in [-0.2, 0) is 0 Å². The second kappa shape index (κ2) is 5.60. The highest BCUT2D eigenvalue weighted by Gasteiger charge is 2.27. The molecule has 5 heteroatoms. The normalized spacial score (nSPS) is 13.9. The van der Waals surface area contributed by atoms with Crippen LogP contribution in [-0.4, -0.2) is 31.1 Å². The Bertz CT molecular complexity index is 634. The summed E-state index contributed by atoms with van der Waals surface area (Å²) < 4.78 is 0. The molecule has 1 aliphatic carbocycles. The maximum atomic E-state index is 4.64. The van der Waals surface area contributed by atoms with Crippen molar-refractivity contribution >= 4 is 23.0 Å². The largest absolute Gasteiger partial charge is 0.378 e. The van der Waals surface area contributed by atoms with E-state index in [1.165, 1.54) is 12.8 Å². The molecule has 1 aromatic carbocycles. The third kappa shape index (κ3) is 3.24. The van der Waals surface area contributed by atoms with Gasteiger partial charge >= 0.3 is 0 Å². The number of aromatic nitrogens is 2. The molecular formula is C16H21N5. The van der Waals surface area contributed by atoms with Crippen LogP contribution in [0.15, 0.2) is 30.3 Å². The fraction of sp³-hybridized carbons (Fsp3) is 0.375. The zero-order valence-electron chi connectivity index (χ0n) is 12.7. The zero-order chi connectivity index (χ0) is 14.8. The van der Waals surface area contributed by atoms with E-state index < -0.39 is 0 Å². The number of rotatable bonds is 5. The average Bonchev–Trinajstić information content (AvgIpc) is 3.31. The molecule has 1 aliphatic rings. The van der Waals surface area contributed by atoms with Crippen LogP contribution in [0, 0.1) is 0 Å². The zero-order valence-corrected chi connectivity index (χ0v) is 12.7. The van der Waals surface area contributed by atoms with Crippen LogP contribution in [0.3, 0.4) is 0 Å². The van der Waals surface area contributed by atoms with Gasteiger partial charge in [0.2, 0.25) is 0 Å². The summed E-state index contributed by atoms with van der Waals surface area (Å²) in [6.07, 6.45) is 2.39. The van der Waals surface area contributed by atoms with E-state index in [1.807, 2.05) is 39.3 Å². The molecule has 21 heavy (non-hydrogen) atoms. The molecule has 1 fully saturated rings. The molecule has 0 atom stereocenters. The Kier molecular flexibility index (Phi) is 3.64. The molecular weight excluding hydrogens is 262 g/mol. The average molecular weight is 283 g/mol. The first-order valence-electron chi connectivity index (χ1n) is 7.27. The van der Waals surface area contributed by atoms with Gasteiger partial charge in [0, 0.05) is 44.5 Å². The summed E-state index contributed by atoms with van der Waals surface area (Å²) in [6.45, 7) is 0. The molecule has 0 radical (unpaired) electrons. The highest BCUT2D eigenvalue weighted by Crippen LogP contribution is 2.39. The lowest BCUT2D eigenvalue weighted by molar-refractivity contribution is 0.932. The van der Waals surface area contributed by atoms with E-state index in [9.17, 15) is 0 Å². The summed E-state index contributed by atoms with van der Waals surface area (Å²) in [4.78, 5) is 11.3. The third-order valence-electron chi connectivity index (χ3n) is 3.58. The van der Waals surface area contributed by atoms with Crippen molar-refractivity contribution in [2.24, 2.45) is 0 Å². The molecule has 1 aromatic heterocycles. The van der Waals surface area contributed by atoms with Crippen molar-refractivity contribution in [2.75, 3.05) is 36.7 Å². The quantitative estimate of drug-likeness (QED) is 0.882. The number of nitrogens with one attached hydrogen (secondary N) is 2. The summed E-state index contributed by atoms with van der Waals surface area (Å²) in [5.41, 5.74) is 2.19. The van der Waals surface area contributed by atoms with E-state index in [-0.39, 0.29) is 0 Å². The molecule has 0 unspecified atom stereocenters. The van der Waals surface area contributed by atoms with Crippen LogP contribution in [0.25, 0.3) is 0 Å². The van der Waals surface area contributed by atoms with E-state index in [2.05, 4.69) is 37.6 Å². The van der Waals surface area contributed by atoms with E-state index in [4.69, 9.17) is 0 Å². The second-order valence-corrected chi connectivity index (χ2v) is 5.59. The van der Waals surface area contributed by atoms with Gasteiger partial charge in [0.25, 0.3) is 0 Å². The number of anilines is 4. The van der Waals surface area contributed by atoms with E-state index in [1.54, 1.807) is 0 Å². The first-order valence-corrected chi connectivity index (χ1v) is 7.27. The van der Waals surface area contributed by atoms with Crippen molar-refractivity contribution in [2.45, 2.75) is 18.8 Å². The maximum absolute atomic E-state index is 4.64. The van der Waals surface area contributed by atoms with Gasteiger partial charge in [-0.2, -0.15) is 0 Å². The lowest BCUT2D eigenvalue weighted by Gasteiger charge is -2.15. The van der Waals surface area contributed by atoms with Crippen molar-refractivity contribution in [3.8, 4) is 0 Å². The summed E-state index contributed by atoms with van der Waals surface area (Å²) >= 11 is 0. The molecule has 1 saturated carbocycles. The smallest absolute Gasteiger partial charge is 0.136 e. The second-order valence-electron chi connectivity index (χ2n) is 5.59. The fourth-order valence-corrected chi connectivity index (χ4v) is 2.19. The minimum absolute atomic E-state index is 0.534. The van der Waals surface area contributed by atoms with Gasteiger partial charge in [0.05, 0.1) is 0 Å². The predicted molar refractivity (Wildman–Crippen MR) is 87.6 cm³/mol. The van der Waals surface area contributed by atoms with Gasteiger partial charge in [-0.25, -0.2) is 9.97 Å². The van der Waals surface area contributed by atoms with Crippen LogP contribution in [0.4, 0.5) is 23.0 Å². The minimum Gasteiger partial charge on any atom is -0.378 e. The Balaban J connectivity index is 1.86. The Morgan fingerprint density at radius 3 is 2.52 bits per heavy atom. The Labute approximate surface area is 125 Å². The van der Waals surface area contributed by atoms with Crippen molar-refractivity contribution in [3.63, 3.8) is 0 Å². The summed E-state index contributed by atoms with van der Waals surface area (Å²) in [5.74, 6) is 3.17. The third-order valence-corrected chi connectivity index (χ3v) is 3.58. The van der Waals surface area contributed by atoms with Gasteiger partial charge in [-0.1, -0.05) is 6.07 Å². The number of hydrogen-bond donors (Lipinski definition) is 2. The van der Waals surface area contributed by atoms with Crippen molar-refractivity contribution in [1.29, 1.82) is 0 Å². The molecule has 0 aliphatic heterocycles. The van der Waals surface area contributed by atoms with E-state index in [0.717, 1.165) is 28.8 Å². The number of nitrogens with zero attached hydrogens (tertiary/aromatic N) is 3. The summed E-state index contributed by atoms with van der Waals surface area (Å²) in [7, 11) is 5.96. The fourth-order valence-electron chi connectivity index (χ4n) is 2.19. The van der Waals surface area contributed by atoms with E-state index in [0.29, 0.717) is 5.92 Å². The Morgan fingerprint density at radius 1 is 1.10 bits per heavy atom. The van der Waals surface area contributed by atoms with Crippen molar-refractivity contribution in [1.82, 2.24) is 9.97 Å². The summed E-state index contributed by atoms with van der Waals surface area (Å²) in [5, 5.41) is 6.49. The molecule has 110 valence electrons. The monoisotopic (exact) mass is 283 g/mol. The SMILES string of the molecule is CNc1cc(Nc2cccc(N(C)C)c2)nc(C2CC2)n1. The number of benzene rings is 1. The molecule has 0 spiro atoms. The molecule has 1 heterocycles. The minimum atomic E-state index is 0.534. The van der Waals surface area contributed by atoms with Gasteiger partial charge in [-0.3, -0.25) is 0 Å². The Morgan fingerprint density at radius 2 is 1.86 bits per heavy atom. The van der Waals surface area contributed by atoms with Gasteiger partial charge in [0.15, 0.2) is 0 Å². The molecule has 2 N–H and O–H groups in total. The van der Waals surface area contributed by atoms with Gasteiger partial charge in [0.1, 0.15) is 17.5 Å². The van der Waals surface area contributed by atoms with Gasteiger partial charge < -0.3 is 15.5 Å². The predicted octanol–water partition coefficient (Wildman–Crippen LogP) is 3.21. The molecule has 0 amide bonds. The highest BCUT2D eigenvalue weighted by molar-refractivity contribution is 5.64. The van der Waals surface area contributed by atoms with Crippen molar-refractivity contribution < 1.29 is 0 Å². The standard InChI is InChI=1S/C16H21N5/c1-17-14-10-15(20-16(19-14)11-7-8-11)18-12-5-4-6-13(9-12)21(2)3/h4-6,9-11H,7-8H2,1-3H3,(H2,17,18,19,20). The lowest BCUT2D eigenvalue weighted by Crippen LogP contribution is -2.08. The van der Waals surface area contributed by atoms with E-state index >= 15 is 0 Å². The lowest BCUT2D eigenvalue weighted by atomic mass is 10.2. The molecule has 3 rings (SSSR count). The van der Waals surface area contributed by atoms with Crippen LogP contribution in [0.2, 0.25) is 0 Å². The Hall–Kier alpha value is -2.30. The van der Waals surface area contributed by atoms with Gasteiger partial charge in [-0.05, 0) is 31.0 Å². The summed E-state index contributed by atoms with van der Waals surface area (Å²) in [6, 6.07) is 10.2. The highest BCUT2D eigenvalue weighted by atomic mass is 15.1. The molecule has 2 aromatic rings. The topological polar surface area (TPSA) is 53.1 Å². The van der Waals surface area contributed by atoms with Crippen LogP contribution < -0.4 is 15.5 Å². The number of hydrogen-bond acceptors (Lipinski definition) is 5. The first-order chi connectivity index (χ1) is 10.2. The molecule has 5 nitrogen and oxygen atoms in total. The van der Waals surface area contributed by atoms with Crippen LogP contribution >= 0.6 is 0 Å². The first kappa shape index (κ1) is 13.7. The van der Waals surface area contributed by atoms with Crippen LogP contribution in [0.5, 0.6) is 0 Å². The maximum Gasteiger partial charge on any atom is 0.136 e.